The first-order valence-corrected chi connectivity index (χ1v) is 13.5. The predicted octanol–water partition coefficient (Wildman–Crippen LogP) is 4.10. The first-order chi connectivity index (χ1) is 17.7. The number of benzene rings is 3. The Hall–Kier alpha value is -3.56. The minimum atomic E-state index is -4.16. The molecular weight excluding hydrogens is 514 g/mol. The Labute approximate surface area is 222 Å². The van der Waals surface area contributed by atoms with Gasteiger partial charge in [-0.05, 0) is 67.9 Å². The van der Waals surface area contributed by atoms with E-state index in [1.165, 1.54) is 36.2 Å². The van der Waals surface area contributed by atoms with Gasteiger partial charge < -0.3 is 15.0 Å². The van der Waals surface area contributed by atoms with E-state index in [9.17, 15) is 18.0 Å². The van der Waals surface area contributed by atoms with Crippen LogP contribution in [0.4, 0.5) is 5.69 Å². The van der Waals surface area contributed by atoms with Gasteiger partial charge in [0.05, 0.1) is 17.2 Å². The van der Waals surface area contributed by atoms with Gasteiger partial charge >= 0.3 is 0 Å². The molecule has 0 aliphatic rings. The third-order valence-corrected chi connectivity index (χ3v) is 7.77. The van der Waals surface area contributed by atoms with Gasteiger partial charge in [0, 0.05) is 18.6 Å². The standard InChI is InChI=1S/C27H30ClN3O5S/c1-4-36-24-14-12-23(13-15-24)31(37(34,35)25-16-10-22(28)11-17-25)19-26(32)30(20(2)27(33)29-3)18-21-8-6-5-7-9-21/h5-17,20H,4,18-19H2,1-3H3,(H,29,33). The summed E-state index contributed by atoms with van der Waals surface area (Å²) < 4.78 is 34.0. The highest BCUT2D eigenvalue weighted by molar-refractivity contribution is 7.92. The first-order valence-electron chi connectivity index (χ1n) is 11.7. The smallest absolute Gasteiger partial charge is 0.264 e. The van der Waals surface area contributed by atoms with Crippen molar-refractivity contribution in [3.05, 3.63) is 89.4 Å². The Morgan fingerprint density at radius 3 is 2.16 bits per heavy atom. The number of carbonyl (C=O) groups excluding carboxylic acids is 2. The monoisotopic (exact) mass is 543 g/mol. The Morgan fingerprint density at radius 2 is 1.59 bits per heavy atom. The van der Waals surface area contributed by atoms with Gasteiger partial charge in [-0.2, -0.15) is 0 Å². The Morgan fingerprint density at radius 1 is 0.973 bits per heavy atom. The molecule has 37 heavy (non-hydrogen) atoms. The Balaban J connectivity index is 2.02. The summed E-state index contributed by atoms with van der Waals surface area (Å²) in [6, 6.07) is 20.5. The number of nitrogens with one attached hydrogen (secondary N) is 1. The number of ether oxygens (including phenoxy) is 1. The second-order valence-corrected chi connectivity index (χ2v) is 10.5. The zero-order chi connectivity index (χ0) is 27.0. The molecule has 1 N–H and O–H groups in total. The summed E-state index contributed by atoms with van der Waals surface area (Å²) in [4.78, 5) is 27.5. The number of anilines is 1. The van der Waals surface area contributed by atoms with E-state index in [-0.39, 0.29) is 23.0 Å². The van der Waals surface area contributed by atoms with E-state index in [1.807, 2.05) is 37.3 Å². The first kappa shape index (κ1) is 28.0. The van der Waals surface area contributed by atoms with Crippen LogP contribution in [0.25, 0.3) is 0 Å². The molecule has 10 heteroatoms. The molecule has 8 nitrogen and oxygen atoms in total. The number of hydrogen-bond donors (Lipinski definition) is 1. The van der Waals surface area contributed by atoms with Crippen molar-refractivity contribution in [2.24, 2.45) is 0 Å². The van der Waals surface area contributed by atoms with Crippen molar-refractivity contribution in [3.8, 4) is 5.75 Å². The second-order valence-electron chi connectivity index (χ2n) is 8.19. The van der Waals surface area contributed by atoms with Crippen LogP contribution in [0.5, 0.6) is 5.75 Å². The summed E-state index contributed by atoms with van der Waals surface area (Å²) in [6.07, 6.45) is 0. The number of rotatable bonds is 11. The molecule has 2 amide bonds. The second kappa shape index (κ2) is 12.6. The lowest BCUT2D eigenvalue weighted by molar-refractivity contribution is -0.139. The van der Waals surface area contributed by atoms with Crippen molar-refractivity contribution in [1.82, 2.24) is 10.2 Å². The highest BCUT2D eigenvalue weighted by Crippen LogP contribution is 2.27. The molecule has 0 bridgehead atoms. The van der Waals surface area contributed by atoms with Gasteiger partial charge in [-0.15, -0.1) is 0 Å². The molecule has 0 saturated heterocycles. The quantitative estimate of drug-likeness (QED) is 0.393. The van der Waals surface area contributed by atoms with Crippen molar-refractivity contribution in [2.75, 3.05) is 24.5 Å². The van der Waals surface area contributed by atoms with Crippen molar-refractivity contribution >= 4 is 39.1 Å². The summed E-state index contributed by atoms with van der Waals surface area (Å²) in [7, 11) is -2.68. The Kier molecular flexibility index (Phi) is 9.54. The third-order valence-electron chi connectivity index (χ3n) is 5.73. The number of amides is 2. The molecule has 1 atom stereocenters. The van der Waals surface area contributed by atoms with Crippen molar-refractivity contribution in [2.45, 2.75) is 31.3 Å². The van der Waals surface area contributed by atoms with E-state index in [0.717, 1.165) is 9.87 Å². The maximum Gasteiger partial charge on any atom is 0.264 e. The number of nitrogens with zero attached hydrogens (tertiary/aromatic N) is 2. The lowest BCUT2D eigenvalue weighted by Crippen LogP contribution is -2.50. The molecule has 3 rings (SSSR count). The number of likely N-dealkylation sites (N-methyl/N-ethyl adjacent to an activating group) is 1. The topological polar surface area (TPSA) is 96.0 Å². The lowest BCUT2D eigenvalue weighted by Gasteiger charge is -2.31. The van der Waals surface area contributed by atoms with Crippen LogP contribution in [0.15, 0.2) is 83.8 Å². The van der Waals surface area contributed by atoms with E-state index in [1.54, 1.807) is 31.2 Å². The van der Waals surface area contributed by atoms with E-state index in [2.05, 4.69) is 5.32 Å². The van der Waals surface area contributed by atoms with E-state index >= 15 is 0 Å². The summed E-state index contributed by atoms with van der Waals surface area (Å²) in [5.74, 6) is -0.329. The molecule has 0 saturated carbocycles. The van der Waals surface area contributed by atoms with Gasteiger partial charge in [0.1, 0.15) is 18.3 Å². The van der Waals surface area contributed by atoms with Crippen LogP contribution < -0.4 is 14.4 Å². The molecule has 0 aromatic heterocycles. The fourth-order valence-electron chi connectivity index (χ4n) is 3.71. The SMILES string of the molecule is CCOc1ccc(N(CC(=O)N(Cc2ccccc2)C(C)C(=O)NC)S(=O)(=O)c2ccc(Cl)cc2)cc1. The number of halogens is 1. The molecule has 1 unspecified atom stereocenters. The number of carbonyl (C=O) groups is 2. The average molecular weight is 544 g/mol. The molecular formula is C27H30ClN3O5S. The van der Waals surface area contributed by atoms with Crippen molar-refractivity contribution in [1.29, 1.82) is 0 Å². The van der Waals surface area contributed by atoms with Gasteiger partial charge in [0.25, 0.3) is 10.0 Å². The minimum absolute atomic E-state index is 0.0208. The highest BCUT2D eigenvalue weighted by atomic mass is 35.5. The molecule has 0 aliphatic heterocycles. The van der Waals surface area contributed by atoms with Gasteiger partial charge in [0.2, 0.25) is 11.8 Å². The van der Waals surface area contributed by atoms with Crippen LogP contribution in [0.3, 0.4) is 0 Å². The average Bonchev–Trinajstić information content (AvgIpc) is 2.91. The van der Waals surface area contributed by atoms with E-state index < -0.39 is 28.5 Å². The third kappa shape index (κ3) is 7.02. The van der Waals surface area contributed by atoms with Gasteiger partial charge in [-0.25, -0.2) is 8.42 Å². The zero-order valence-corrected chi connectivity index (χ0v) is 22.5. The van der Waals surface area contributed by atoms with E-state index in [0.29, 0.717) is 17.4 Å². The maximum absolute atomic E-state index is 13.7. The molecule has 3 aromatic carbocycles. The molecule has 0 radical (unpaired) electrons. The molecule has 0 heterocycles. The Bertz CT molecular complexity index is 1300. The summed E-state index contributed by atoms with van der Waals surface area (Å²) in [5.41, 5.74) is 1.08. The van der Waals surface area contributed by atoms with E-state index in [4.69, 9.17) is 16.3 Å². The summed E-state index contributed by atoms with van der Waals surface area (Å²) in [5, 5.41) is 2.94. The fraction of sp³-hybridized carbons (Fsp3) is 0.259. The molecule has 0 aliphatic carbocycles. The molecule has 0 spiro atoms. The molecule has 196 valence electrons. The van der Waals surface area contributed by atoms with Crippen molar-refractivity contribution < 1.29 is 22.7 Å². The van der Waals surface area contributed by atoms with Crippen LogP contribution >= 0.6 is 11.6 Å². The maximum atomic E-state index is 13.7. The van der Waals surface area contributed by atoms with Crippen LogP contribution in [0.2, 0.25) is 5.02 Å². The van der Waals surface area contributed by atoms with Gasteiger partial charge in [-0.1, -0.05) is 41.9 Å². The van der Waals surface area contributed by atoms with Crippen LogP contribution in [-0.4, -0.2) is 51.4 Å². The highest BCUT2D eigenvalue weighted by Gasteiger charge is 2.32. The summed E-state index contributed by atoms with van der Waals surface area (Å²) in [6.45, 7) is 3.52. The number of sulfonamides is 1. The van der Waals surface area contributed by atoms with Crippen LogP contribution in [-0.2, 0) is 26.2 Å². The van der Waals surface area contributed by atoms with Gasteiger partial charge in [0.15, 0.2) is 0 Å². The minimum Gasteiger partial charge on any atom is -0.494 e. The number of hydrogen-bond acceptors (Lipinski definition) is 5. The van der Waals surface area contributed by atoms with Crippen LogP contribution in [0, 0.1) is 0 Å². The summed E-state index contributed by atoms with van der Waals surface area (Å²) >= 11 is 5.97. The van der Waals surface area contributed by atoms with Crippen LogP contribution in [0.1, 0.15) is 19.4 Å². The van der Waals surface area contributed by atoms with Crippen molar-refractivity contribution in [3.63, 3.8) is 0 Å². The normalized spacial score (nSPS) is 11.9. The lowest BCUT2D eigenvalue weighted by atomic mass is 10.1. The molecule has 3 aromatic rings. The predicted molar refractivity (Wildman–Crippen MR) is 144 cm³/mol. The zero-order valence-electron chi connectivity index (χ0n) is 20.9. The fourth-order valence-corrected chi connectivity index (χ4v) is 5.25. The van der Waals surface area contributed by atoms with Gasteiger partial charge in [-0.3, -0.25) is 13.9 Å². The largest absolute Gasteiger partial charge is 0.494 e. The molecule has 0 fully saturated rings.